The van der Waals surface area contributed by atoms with E-state index in [9.17, 15) is 4.79 Å². The molecule has 0 amide bonds. The monoisotopic (exact) mass is 407 g/mol. The molecule has 0 spiro atoms. The number of ether oxygens (including phenoxy) is 2. The zero-order valence-corrected chi connectivity index (χ0v) is 17.7. The van der Waals surface area contributed by atoms with Crippen LogP contribution in [0.5, 0.6) is 5.75 Å². The molecule has 0 fully saturated rings. The Balaban J connectivity index is 1.92. The minimum absolute atomic E-state index is 0.0663. The quantitative estimate of drug-likeness (QED) is 0.365. The summed E-state index contributed by atoms with van der Waals surface area (Å²) in [6, 6.07) is 7.69. The molecule has 0 bridgehead atoms. The molecule has 1 aromatic carbocycles. The van der Waals surface area contributed by atoms with Crippen LogP contribution < -0.4 is 27.0 Å². The third-order valence-electron chi connectivity index (χ3n) is 4.38. The van der Waals surface area contributed by atoms with Crippen LogP contribution in [0.2, 0.25) is 0 Å². The van der Waals surface area contributed by atoms with Crippen LogP contribution in [-0.4, -0.2) is 55.9 Å². The second-order valence-corrected chi connectivity index (χ2v) is 8.19. The Morgan fingerprint density at radius 3 is 2.48 bits per heavy atom. The Bertz CT molecular complexity index is 702. The predicted molar refractivity (Wildman–Crippen MR) is 112 cm³/mol. The van der Waals surface area contributed by atoms with Gasteiger partial charge in [-0.05, 0) is 45.4 Å². The fraction of sp³-hybridized carbons (Fsp3) is 0.600. The van der Waals surface area contributed by atoms with Gasteiger partial charge in [-0.2, -0.15) is 0 Å². The van der Waals surface area contributed by atoms with E-state index in [4.69, 9.17) is 25.9 Å². The largest absolute Gasteiger partial charge is 0.490 e. The van der Waals surface area contributed by atoms with Crippen molar-refractivity contribution in [2.75, 3.05) is 32.8 Å². The molecule has 2 atom stereocenters. The zero-order chi connectivity index (χ0) is 21.5. The van der Waals surface area contributed by atoms with E-state index in [2.05, 4.69) is 15.6 Å². The number of carbonyl (C=O) groups is 1. The van der Waals surface area contributed by atoms with Crippen molar-refractivity contribution in [3.63, 3.8) is 0 Å². The van der Waals surface area contributed by atoms with Crippen molar-refractivity contribution >= 4 is 11.9 Å². The van der Waals surface area contributed by atoms with Crippen LogP contribution in [0.25, 0.3) is 0 Å². The third kappa shape index (κ3) is 6.88. The second kappa shape index (κ2) is 9.91. The number of carbonyl (C=O) groups excluding carboxylic acids is 1. The van der Waals surface area contributed by atoms with E-state index in [1.54, 1.807) is 20.8 Å². The van der Waals surface area contributed by atoms with Gasteiger partial charge in [0.25, 0.3) is 0 Å². The highest BCUT2D eigenvalue weighted by atomic mass is 16.7. The summed E-state index contributed by atoms with van der Waals surface area (Å²) in [6.07, 6.45) is 0. The first-order valence-corrected chi connectivity index (χ1v) is 9.73. The van der Waals surface area contributed by atoms with E-state index in [1.165, 1.54) is 6.92 Å². The first-order valence-electron chi connectivity index (χ1n) is 9.73. The van der Waals surface area contributed by atoms with Crippen LogP contribution >= 0.6 is 0 Å². The molecular weight excluding hydrogens is 374 g/mol. The minimum atomic E-state index is -1.40. The van der Waals surface area contributed by atoms with Crippen molar-refractivity contribution in [1.29, 1.82) is 0 Å². The molecule has 6 N–H and O–H groups in total. The van der Waals surface area contributed by atoms with Gasteiger partial charge < -0.3 is 25.8 Å². The summed E-state index contributed by atoms with van der Waals surface area (Å²) in [7, 11) is 0. The maximum atomic E-state index is 12.3. The summed E-state index contributed by atoms with van der Waals surface area (Å²) in [5.41, 5.74) is 4.59. The molecule has 1 unspecified atom stereocenters. The number of hydrogen-bond donors (Lipinski definition) is 4. The average Bonchev–Trinajstić information content (AvgIpc) is 2.70. The minimum Gasteiger partial charge on any atom is -0.490 e. The molecule has 0 saturated heterocycles. The number of esters is 1. The summed E-state index contributed by atoms with van der Waals surface area (Å²) in [5.74, 6) is 6.43. The Labute approximate surface area is 172 Å². The maximum Gasteiger partial charge on any atom is 0.344 e. The molecule has 1 aromatic rings. The summed E-state index contributed by atoms with van der Waals surface area (Å²) < 4.78 is 11.1. The Hall–Kier alpha value is -2.36. The molecule has 0 aromatic heterocycles. The van der Waals surface area contributed by atoms with Crippen molar-refractivity contribution in [2.45, 2.75) is 44.8 Å². The number of aliphatic imine (C=N–C) groups is 1. The topological polar surface area (TPSA) is 133 Å². The number of nitrogens with two attached hydrogens (primary N) is 2. The highest BCUT2D eigenvalue weighted by molar-refractivity contribution is 5.80. The van der Waals surface area contributed by atoms with Gasteiger partial charge >= 0.3 is 5.97 Å². The van der Waals surface area contributed by atoms with Gasteiger partial charge in [-0.3, -0.25) is 9.83 Å². The predicted octanol–water partition coefficient (Wildman–Crippen LogP) is 0.647. The number of benzene rings is 1. The van der Waals surface area contributed by atoms with Crippen molar-refractivity contribution in [2.24, 2.45) is 16.6 Å². The van der Waals surface area contributed by atoms with E-state index >= 15 is 0 Å². The van der Waals surface area contributed by atoms with Crippen LogP contribution in [0.15, 0.2) is 29.3 Å². The van der Waals surface area contributed by atoms with E-state index in [0.29, 0.717) is 25.4 Å². The summed E-state index contributed by atoms with van der Waals surface area (Å²) >= 11 is 0. The van der Waals surface area contributed by atoms with Gasteiger partial charge in [0.1, 0.15) is 18.0 Å². The van der Waals surface area contributed by atoms with Gasteiger partial charge in [0, 0.05) is 25.6 Å². The Morgan fingerprint density at radius 1 is 1.28 bits per heavy atom. The van der Waals surface area contributed by atoms with Gasteiger partial charge in [-0.15, -0.1) is 0 Å². The van der Waals surface area contributed by atoms with Crippen molar-refractivity contribution < 1.29 is 19.1 Å². The first-order chi connectivity index (χ1) is 13.7. The maximum absolute atomic E-state index is 12.3. The molecule has 29 heavy (non-hydrogen) atoms. The van der Waals surface area contributed by atoms with E-state index in [-0.39, 0.29) is 12.5 Å². The molecule has 9 nitrogen and oxygen atoms in total. The fourth-order valence-corrected chi connectivity index (χ4v) is 2.66. The number of guanidine groups is 1. The highest BCUT2D eigenvalue weighted by Gasteiger charge is 2.39. The molecule has 1 aliphatic heterocycles. The van der Waals surface area contributed by atoms with Crippen LogP contribution in [-0.2, 0) is 14.4 Å². The lowest BCUT2D eigenvalue weighted by Gasteiger charge is -2.29. The summed E-state index contributed by atoms with van der Waals surface area (Å²) in [5, 5.41) is 6.42. The lowest BCUT2D eigenvalue weighted by atomic mass is 9.98. The number of hydrogen-bond acceptors (Lipinski definition) is 9. The van der Waals surface area contributed by atoms with Crippen molar-refractivity contribution in [3.05, 3.63) is 29.8 Å². The molecule has 2 rings (SSSR count). The molecule has 162 valence electrons. The van der Waals surface area contributed by atoms with Gasteiger partial charge in [0.15, 0.2) is 5.96 Å². The van der Waals surface area contributed by atoms with Crippen LogP contribution in [0.4, 0.5) is 0 Å². The first kappa shape index (κ1) is 22.9. The molecule has 0 saturated carbocycles. The average molecular weight is 408 g/mol. The van der Waals surface area contributed by atoms with Gasteiger partial charge in [0.05, 0.1) is 6.54 Å². The second-order valence-electron chi connectivity index (χ2n) is 8.19. The smallest absolute Gasteiger partial charge is 0.344 e. The molecule has 0 radical (unpaired) electrons. The van der Waals surface area contributed by atoms with Gasteiger partial charge in [0.2, 0.25) is 5.60 Å². The number of rotatable bonds is 8. The molecule has 1 aliphatic rings. The van der Waals surface area contributed by atoms with E-state index in [1.807, 2.05) is 24.3 Å². The molecule has 1 heterocycles. The highest BCUT2D eigenvalue weighted by Crippen LogP contribution is 2.23. The lowest BCUT2D eigenvalue weighted by Crippen LogP contribution is -2.49. The van der Waals surface area contributed by atoms with Gasteiger partial charge in [-0.25, -0.2) is 10.7 Å². The normalized spacial score (nSPS) is 18.8. The fourth-order valence-electron chi connectivity index (χ4n) is 2.66. The third-order valence-corrected chi connectivity index (χ3v) is 4.38. The van der Waals surface area contributed by atoms with E-state index < -0.39 is 17.2 Å². The summed E-state index contributed by atoms with van der Waals surface area (Å²) in [4.78, 5) is 21.7. The number of nitrogens with one attached hydrogen (secondary N) is 2. The van der Waals surface area contributed by atoms with Crippen molar-refractivity contribution in [1.82, 2.24) is 10.6 Å². The molecule has 9 heteroatoms. The van der Waals surface area contributed by atoms with Crippen LogP contribution in [0.3, 0.4) is 0 Å². The standard InChI is InChI=1S/C20H33N5O4/c1-19(2,3)28-17(26)20(4,29-22)13-27-16-7-5-14(6-8-16)15-11-24-18(25-12-15)23-10-9-21/h5-8,15H,9-13,21-22H2,1-4H3,(H2,23,24,25)/t20-/m0/s1. The molecular formula is C20H33N5O4. The summed E-state index contributed by atoms with van der Waals surface area (Å²) in [6.45, 7) is 9.55. The van der Waals surface area contributed by atoms with Crippen molar-refractivity contribution in [3.8, 4) is 5.75 Å². The number of nitrogens with zero attached hydrogens (tertiary/aromatic N) is 1. The lowest BCUT2D eigenvalue weighted by molar-refractivity contribution is -0.186. The van der Waals surface area contributed by atoms with E-state index in [0.717, 1.165) is 18.1 Å². The van der Waals surface area contributed by atoms with Crippen LogP contribution in [0, 0.1) is 0 Å². The Morgan fingerprint density at radius 2 is 1.97 bits per heavy atom. The zero-order valence-electron chi connectivity index (χ0n) is 17.7. The SMILES string of the molecule is CC(C)(C)OC(=O)[C@](C)(COc1ccc(C2CN=C(NCCN)NC2)cc1)ON. The van der Waals surface area contributed by atoms with Crippen LogP contribution in [0.1, 0.15) is 39.2 Å². The van der Waals surface area contributed by atoms with Gasteiger partial charge in [-0.1, -0.05) is 12.1 Å². The molecule has 0 aliphatic carbocycles. The Kier molecular flexibility index (Phi) is 7.83.